The number of benzene rings is 2. The molecule has 1 saturated heterocycles. The van der Waals surface area contributed by atoms with Gasteiger partial charge in [-0.15, -0.1) is 0 Å². The number of carbonyl (C=O) groups excluding carboxylic acids is 1. The van der Waals surface area contributed by atoms with Gasteiger partial charge in [0, 0.05) is 24.3 Å². The van der Waals surface area contributed by atoms with E-state index in [0.717, 1.165) is 36.1 Å². The Morgan fingerprint density at radius 2 is 1.71 bits per heavy atom. The maximum atomic E-state index is 12.9. The van der Waals surface area contributed by atoms with E-state index >= 15 is 0 Å². The summed E-state index contributed by atoms with van der Waals surface area (Å²) in [5.74, 6) is -0.0343. The quantitative estimate of drug-likeness (QED) is 0.801. The van der Waals surface area contributed by atoms with Gasteiger partial charge in [0.05, 0.1) is 4.90 Å². The maximum absolute atomic E-state index is 12.9. The van der Waals surface area contributed by atoms with Gasteiger partial charge in [-0.05, 0) is 55.0 Å². The van der Waals surface area contributed by atoms with E-state index in [1.54, 1.807) is 18.2 Å². The molecule has 2 aromatic rings. The number of nitrogens with one attached hydrogen (secondary N) is 1. The summed E-state index contributed by atoms with van der Waals surface area (Å²) in [5, 5.41) is 2.99. The minimum Gasteiger partial charge on any atom is -0.321 e. The maximum Gasteiger partial charge on any atom is 0.255 e. The molecule has 1 N–H and O–H groups in total. The Balaban J connectivity index is 1.88. The Kier molecular flexibility index (Phi) is 6.20. The van der Waals surface area contributed by atoms with Crippen LogP contribution in [0.1, 0.15) is 60.5 Å². The third-order valence-electron chi connectivity index (χ3n) is 5.21. The van der Waals surface area contributed by atoms with Crippen LogP contribution in [0.4, 0.5) is 5.69 Å². The predicted octanol–water partition coefficient (Wildman–Crippen LogP) is 4.55. The molecule has 0 spiro atoms. The highest BCUT2D eigenvalue weighted by molar-refractivity contribution is 7.89. The standard InChI is InChI=1S/C22H28N2O3S/c1-16(2)20-12-7-9-17(3)21(20)23-22(25)18-10-8-11-19(15-18)28(26,27)24-13-5-4-6-14-24/h7-12,15-16H,4-6,13-14H2,1-3H3,(H,23,25). The Bertz CT molecular complexity index is 961. The summed E-state index contributed by atoms with van der Waals surface area (Å²) in [6, 6.07) is 12.3. The Labute approximate surface area is 167 Å². The number of hydrogen-bond acceptors (Lipinski definition) is 3. The van der Waals surface area contributed by atoms with Crippen molar-refractivity contribution < 1.29 is 13.2 Å². The molecule has 5 nitrogen and oxygen atoms in total. The fourth-order valence-corrected chi connectivity index (χ4v) is 5.14. The highest BCUT2D eigenvalue weighted by Crippen LogP contribution is 2.28. The summed E-state index contributed by atoms with van der Waals surface area (Å²) < 4.78 is 27.3. The van der Waals surface area contributed by atoms with E-state index in [2.05, 4.69) is 19.2 Å². The minimum absolute atomic E-state index is 0.177. The topological polar surface area (TPSA) is 66.5 Å². The number of sulfonamides is 1. The van der Waals surface area contributed by atoms with Crippen molar-refractivity contribution in [2.24, 2.45) is 0 Å². The Morgan fingerprint density at radius 3 is 2.39 bits per heavy atom. The zero-order chi connectivity index (χ0) is 20.3. The van der Waals surface area contributed by atoms with Crippen molar-refractivity contribution in [3.05, 3.63) is 59.2 Å². The van der Waals surface area contributed by atoms with Crippen LogP contribution in [0.3, 0.4) is 0 Å². The molecule has 0 aromatic heterocycles. The van der Waals surface area contributed by atoms with E-state index in [4.69, 9.17) is 0 Å². The lowest BCUT2D eigenvalue weighted by molar-refractivity contribution is 0.102. The molecular formula is C22H28N2O3S. The molecule has 0 aliphatic carbocycles. The van der Waals surface area contributed by atoms with Gasteiger partial charge in [0.1, 0.15) is 0 Å². The number of rotatable bonds is 5. The molecular weight excluding hydrogens is 372 g/mol. The van der Waals surface area contributed by atoms with Crippen molar-refractivity contribution in [2.75, 3.05) is 18.4 Å². The van der Waals surface area contributed by atoms with Gasteiger partial charge in [-0.2, -0.15) is 4.31 Å². The van der Waals surface area contributed by atoms with Gasteiger partial charge in [-0.1, -0.05) is 44.5 Å². The minimum atomic E-state index is -3.57. The number of carbonyl (C=O) groups is 1. The van der Waals surface area contributed by atoms with E-state index in [1.807, 2.05) is 25.1 Å². The number of hydrogen-bond donors (Lipinski definition) is 1. The van der Waals surface area contributed by atoms with Crippen LogP contribution in [0.2, 0.25) is 0 Å². The van der Waals surface area contributed by atoms with Crippen molar-refractivity contribution in [1.82, 2.24) is 4.31 Å². The first kappa shape index (κ1) is 20.6. The van der Waals surface area contributed by atoms with Crippen LogP contribution in [0, 0.1) is 6.92 Å². The fraction of sp³-hybridized carbons (Fsp3) is 0.409. The van der Waals surface area contributed by atoms with Crippen LogP contribution < -0.4 is 5.32 Å². The lowest BCUT2D eigenvalue weighted by Gasteiger charge is -2.26. The van der Waals surface area contributed by atoms with Gasteiger partial charge in [-0.3, -0.25) is 4.79 Å². The second-order valence-electron chi connectivity index (χ2n) is 7.64. The summed E-state index contributed by atoms with van der Waals surface area (Å²) in [4.78, 5) is 13.1. The zero-order valence-corrected chi connectivity index (χ0v) is 17.6. The molecule has 1 aliphatic rings. The molecule has 0 atom stereocenters. The summed E-state index contributed by atoms with van der Waals surface area (Å²) in [6.07, 6.45) is 2.82. The lowest BCUT2D eigenvalue weighted by atomic mass is 9.98. The van der Waals surface area contributed by atoms with E-state index in [0.29, 0.717) is 18.7 Å². The number of piperidine rings is 1. The average molecular weight is 401 g/mol. The molecule has 1 amide bonds. The van der Waals surface area contributed by atoms with Crippen LogP contribution in [0.15, 0.2) is 47.4 Å². The first-order valence-electron chi connectivity index (χ1n) is 9.82. The highest BCUT2D eigenvalue weighted by Gasteiger charge is 2.26. The van der Waals surface area contributed by atoms with Crippen molar-refractivity contribution in [3.63, 3.8) is 0 Å². The number of para-hydroxylation sites is 1. The molecule has 1 heterocycles. The van der Waals surface area contributed by atoms with Crippen LogP contribution in [0.25, 0.3) is 0 Å². The van der Waals surface area contributed by atoms with E-state index < -0.39 is 10.0 Å². The van der Waals surface area contributed by atoms with Crippen molar-refractivity contribution >= 4 is 21.6 Å². The second kappa shape index (κ2) is 8.45. The largest absolute Gasteiger partial charge is 0.321 e. The fourth-order valence-electron chi connectivity index (χ4n) is 3.58. The summed E-state index contributed by atoms with van der Waals surface area (Å²) >= 11 is 0. The lowest BCUT2D eigenvalue weighted by Crippen LogP contribution is -2.35. The average Bonchev–Trinajstić information content (AvgIpc) is 2.70. The number of anilines is 1. The van der Waals surface area contributed by atoms with Crippen molar-refractivity contribution in [3.8, 4) is 0 Å². The van der Waals surface area contributed by atoms with Gasteiger partial charge in [0.15, 0.2) is 0 Å². The monoisotopic (exact) mass is 400 g/mol. The molecule has 0 bridgehead atoms. The first-order chi connectivity index (χ1) is 13.3. The Hall–Kier alpha value is -2.18. The van der Waals surface area contributed by atoms with Crippen molar-refractivity contribution in [1.29, 1.82) is 0 Å². The number of nitrogens with zero attached hydrogens (tertiary/aromatic N) is 1. The molecule has 2 aromatic carbocycles. The van der Waals surface area contributed by atoms with E-state index in [-0.39, 0.29) is 16.7 Å². The molecule has 0 radical (unpaired) electrons. The van der Waals surface area contributed by atoms with Crippen molar-refractivity contribution in [2.45, 2.75) is 50.8 Å². The molecule has 3 rings (SSSR count). The smallest absolute Gasteiger partial charge is 0.255 e. The molecule has 6 heteroatoms. The SMILES string of the molecule is Cc1cccc(C(C)C)c1NC(=O)c1cccc(S(=O)(=O)N2CCCCC2)c1. The predicted molar refractivity (Wildman–Crippen MR) is 112 cm³/mol. The third-order valence-corrected chi connectivity index (χ3v) is 7.11. The summed E-state index contributed by atoms with van der Waals surface area (Å²) in [5.41, 5.74) is 3.19. The van der Waals surface area contributed by atoms with Gasteiger partial charge in [0.25, 0.3) is 5.91 Å². The zero-order valence-electron chi connectivity index (χ0n) is 16.7. The molecule has 1 aliphatic heterocycles. The molecule has 28 heavy (non-hydrogen) atoms. The first-order valence-corrected chi connectivity index (χ1v) is 11.3. The van der Waals surface area contributed by atoms with Crippen LogP contribution >= 0.6 is 0 Å². The summed E-state index contributed by atoms with van der Waals surface area (Å²) in [6.45, 7) is 7.20. The normalized spacial score (nSPS) is 15.6. The molecule has 0 unspecified atom stereocenters. The molecule has 150 valence electrons. The van der Waals surface area contributed by atoms with Gasteiger partial charge in [-0.25, -0.2) is 8.42 Å². The second-order valence-corrected chi connectivity index (χ2v) is 9.58. The van der Waals surface area contributed by atoms with E-state index in [1.165, 1.54) is 10.4 Å². The van der Waals surface area contributed by atoms with Crippen LogP contribution in [0.5, 0.6) is 0 Å². The Morgan fingerprint density at radius 1 is 1.04 bits per heavy atom. The van der Waals surface area contributed by atoms with Crippen LogP contribution in [-0.2, 0) is 10.0 Å². The van der Waals surface area contributed by atoms with Crippen LogP contribution in [-0.4, -0.2) is 31.7 Å². The highest BCUT2D eigenvalue weighted by atomic mass is 32.2. The van der Waals surface area contributed by atoms with Gasteiger partial charge in [0.2, 0.25) is 10.0 Å². The molecule has 1 fully saturated rings. The third kappa shape index (κ3) is 4.28. The summed E-state index contributed by atoms with van der Waals surface area (Å²) in [7, 11) is -3.57. The number of aryl methyl sites for hydroxylation is 1. The number of amides is 1. The van der Waals surface area contributed by atoms with Gasteiger partial charge < -0.3 is 5.32 Å². The van der Waals surface area contributed by atoms with Gasteiger partial charge >= 0.3 is 0 Å². The molecule has 0 saturated carbocycles. The van der Waals surface area contributed by atoms with E-state index in [9.17, 15) is 13.2 Å².